The Morgan fingerprint density at radius 3 is 2.57 bits per heavy atom. The Balaban J connectivity index is 2.20. The second kappa shape index (κ2) is 5.17. The van der Waals surface area contributed by atoms with Gasteiger partial charge in [0.2, 0.25) is 0 Å². The third-order valence-electron chi connectivity index (χ3n) is 2.23. The first-order valence-electron chi connectivity index (χ1n) is 4.86. The minimum absolute atomic E-state index is 0.417. The highest BCUT2D eigenvalue weighted by molar-refractivity contribution is 5.79. The average Bonchev–Trinajstić information content (AvgIpc) is 2.60. The SMILES string of the molecule is CN=C(NC)NCCC1(C)OCCO1. The quantitative estimate of drug-likeness (QED) is 0.496. The van der Waals surface area contributed by atoms with Crippen molar-refractivity contribution in [3.63, 3.8) is 0 Å². The third-order valence-corrected chi connectivity index (χ3v) is 2.23. The van der Waals surface area contributed by atoms with Crippen molar-refractivity contribution >= 4 is 5.96 Å². The van der Waals surface area contributed by atoms with Crippen molar-refractivity contribution in [1.29, 1.82) is 0 Å². The number of rotatable bonds is 3. The summed E-state index contributed by atoms with van der Waals surface area (Å²) in [5.74, 6) is 0.367. The normalized spacial score (nSPS) is 20.9. The zero-order chi connectivity index (χ0) is 10.4. The molecule has 0 aliphatic carbocycles. The van der Waals surface area contributed by atoms with E-state index in [0.29, 0.717) is 13.2 Å². The van der Waals surface area contributed by atoms with Crippen LogP contribution in [0.1, 0.15) is 13.3 Å². The summed E-state index contributed by atoms with van der Waals surface area (Å²) in [4.78, 5) is 4.01. The number of hydrogen-bond donors (Lipinski definition) is 2. The minimum Gasteiger partial charge on any atom is -0.359 e. The topological polar surface area (TPSA) is 54.9 Å². The van der Waals surface area contributed by atoms with E-state index in [9.17, 15) is 0 Å². The molecule has 1 fully saturated rings. The molecular weight excluding hydrogens is 182 g/mol. The molecule has 82 valence electrons. The van der Waals surface area contributed by atoms with E-state index < -0.39 is 5.79 Å². The van der Waals surface area contributed by atoms with Crippen molar-refractivity contribution in [3.8, 4) is 0 Å². The zero-order valence-electron chi connectivity index (χ0n) is 9.09. The lowest BCUT2D eigenvalue weighted by Crippen LogP contribution is -2.38. The maximum atomic E-state index is 5.47. The van der Waals surface area contributed by atoms with Crippen LogP contribution in [-0.4, -0.2) is 45.6 Å². The summed E-state index contributed by atoms with van der Waals surface area (Å²) in [6.45, 7) is 4.13. The number of ether oxygens (including phenoxy) is 2. The molecule has 1 saturated heterocycles. The average molecular weight is 201 g/mol. The van der Waals surface area contributed by atoms with Gasteiger partial charge < -0.3 is 20.1 Å². The van der Waals surface area contributed by atoms with Crippen LogP contribution in [0, 0.1) is 0 Å². The summed E-state index contributed by atoms with van der Waals surface area (Å²) in [6.07, 6.45) is 0.813. The molecule has 5 heteroatoms. The fraction of sp³-hybridized carbons (Fsp3) is 0.889. The molecule has 0 amide bonds. The molecule has 0 aromatic heterocycles. The highest BCUT2D eigenvalue weighted by Crippen LogP contribution is 2.21. The van der Waals surface area contributed by atoms with E-state index in [2.05, 4.69) is 15.6 Å². The van der Waals surface area contributed by atoms with Gasteiger partial charge in [-0.15, -0.1) is 0 Å². The third kappa shape index (κ3) is 3.16. The molecule has 0 unspecified atom stereocenters. The molecule has 0 aromatic carbocycles. The number of hydrogen-bond acceptors (Lipinski definition) is 3. The molecule has 14 heavy (non-hydrogen) atoms. The van der Waals surface area contributed by atoms with Gasteiger partial charge in [-0.1, -0.05) is 0 Å². The summed E-state index contributed by atoms with van der Waals surface area (Å²) in [7, 11) is 3.57. The van der Waals surface area contributed by atoms with Crippen molar-refractivity contribution in [3.05, 3.63) is 0 Å². The molecule has 0 aromatic rings. The first-order chi connectivity index (χ1) is 6.70. The zero-order valence-corrected chi connectivity index (χ0v) is 9.09. The molecule has 0 spiro atoms. The summed E-state index contributed by atoms with van der Waals surface area (Å²) >= 11 is 0. The van der Waals surface area contributed by atoms with Crippen LogP contribution in [-0.2, 0) is 9.47 Å². The number of nitrogens with zero attached hydrogens (tertiary/aromatic N) is 1. The maximum absolute atomic E-state index is 5.47. The highest BCUT2D eigenvalue weighted by Gasteiger charge is 2.30. The van der Waals surface area contributed by atoms with Crippen LogP contribution in [0.15, 0.2) is 4.99 Å². The summed E-state index contributed by atoms with van der Waals surface area (Å²) in [5.41, 5.74) is 0. The Morgan fingerprint density at radius 1 is 1.43 bits per heavy atom. The predicted molar refractivity (Wildman–Crippen MR) is 55.3 cm³/mol. The van der Waals surface area contributed by atoms with E-state index >= 15 is 0 Å². The first kappa shape index (κ1) is 11.3. The van der Waals surface area contributed by atoms with E-state index in [4.69, 9.17) is 9.47 Å². The monoisotopic (exact) mass is 201 g/mol. The van der Waals surface area contributed by atoms with Gasteiger partial charge in [-0.2, -0.15) is 0 Å². The lowest BCUT2D eigenvalue weighted by Gasteiger charge is -2.22. The first-order valence-corrected chi connectivity index (χ1v) is 4.86. The Bertz CT molecular complexity index is 200. The standard InChI is InChI=1S/C9H19N3O2/c1-9(13-6-7-14-9)4-5-12-8(10-2)11-3/h4-7H2,1-3H3,(H2,10,11,12). The summed E-state index contributed by atoms with van der Waals surface area (Å²) in [6, 6.07) is 0. The van der Waals surface area contributed by atoms with Crippen LogP contribution in [0.2, 0.25) is 0 Å². The van der Waals surface area contributed by atoms with Crippen LogP contribution in [0.3, 0.4) is 0 Å². The molecule has 2 N–H and O–H groups in total. The maximum Gasteiger partial charge on any atom is 0.190 e. The van der Waals surface area contributed by atoms with Crippen molar-refractivity contribution in [1.82, 2.24) is 10.6 Å². The molecule has 1 rings (SSSR count). The largest absolute Gasteiger partial charge is 0.359 e. The van der Waals surface area contributed by atoms with Crippen molar-refractivity contribution in [2.45, 2.75) is 19.1 Å². The van der Waals surface area contributed by atoms with Crippen LogP contribution in [0.5, 0.6) is 0 Å². The van der Waals surface area contributed by atoms with Crippen LogP contribution >= 0.6 is 0 Å². The van der Waals surface area contributed by atoms with E-state index in [0.717, 1.165) is 18.9 Å². The Labute approximate surface area is 84.9 Å². The molecule has 0 radical (unpaired) electrons. The highest BCUT2D eigenvalue weighted by atomic mass is 16.7. The van der Waals surface area contributed by atoms with Gasteiger partial charge in [0.1, 0.15) is 0 Å². The lowest BCUT2D eigenvalue weighted by atomic mass is 10.2. The molecule has 1 aliphatic rings. The minimum atomic E-state index is -0.417. The van der Waals surface area contributed by atoms with Gasteiger partial charge in [0.15, 0.2) is 11.7 Å². The fourth-order valence-electron chi connectivity index (χ4n) is 1.39. The van der Waals surface area contributed by atoms with E-state index in [1.807, 2.05) is 14.0 Å². The molecule has 0 bridgehead atoms. The number of guanidine groups is 1. The second-order valence-electron chi connectivity index (χ2n) is 3.33. The van der Waals surface area contributed by atoms with Gasteiger partial charge in [0.25, 0.3) is 0 Å². The molecule has 1 aliphatic heterocycles. The summed E-state index contributed by atoms with van der Waals surface area (Å²) in [5, 5.41) is 6.10. The van der Waals surface area contributed by atoms with E-state index in [-0.39, 0.29) is 0 Å². The molecule has 0 atom stereocenters. The van der Waals surface area contributed by atoms with Crippen molar-refractivity contribution in [2.75, 3.05) is 33.9 Å². The van der Waals surface area contributed by atoms with Crippen molar-refractivity contribution in [2.24, 2.45) is 4.99 Å². The van der Waals surface area contributed by atoms with E-state index in [1.165, 1.54) is 0 Å². The van der Waals surface area contributed by atoms with Crippen LogP contribution in [0.4, 0.5) is 0 Å². The van der Waals surface area contributed by atoms with Crippen LogP contribution in [0.25, 0.3) is 0 Å². The predicted octanol–water partition coefficient (Wildman–Crippen LogP) is -0.0657. The summed E-state index contributed by atoms with van der Waals surface area (Å²) < 4.78 is 10.9. The van der Waals surface area contributed by atoms with Gasteiger partial charge in [0, 0.05) is 27.1 Å². The van der Waals surface area contributed by atoms with Crippen LogP contribution < -0.4 is 10.6 Å². The number of nitrogens with one attached hydrogen (secondary N) is 2. The molecule has 5 nitrogen and oxygen atoms in total. The molecular formula is C9H19N3O2. The smallest absolute Gasteiger partial charge is 0.190 e. The molecule has 1 heterocycles. The van der Waals surface area contributed by atoms with Crippen molar-refractivity contribution < 1.29 is 9.47 Å². The Hall–Kier alpha value is -0.810. The Kier molecular flexibility index (Phi) is 4.16. The van der Waals surface area contributed by atoms with E-state index in [1.54, 1.807) is 7.05 Å². The number of aliphatic imine (C=N–C) groups is 1. The fourth-order valence-corrected chi connectivity index (χ4v) is 1.39. The van der Waals surface area contributed by atoms with Gasteiger partial charge in [-0.05, 0) is 6.92 Å². The van der Waals surface area contributed by atoms with Gasteiger partial charge in [0.05, 0.1) is 13.2 Å². The lowest BCUT2D eigenvalue weighted by molar-refractivity contribution is -0.145. The van der Waals surface area contributed by atoms with Gasteiger partial charge >= 0.3 is 0 Å². The van der Waals surface area contributed by atoms with Gasteiger partial charge in [-0.25, -0.2) is 0 Å². The van der Waals surface area contributed by atoms with Gasteiger partial charge in [-0.3, -0.25) is 4.99 Å². The molecule has 0 saturated carbocycles. The Morgan fingerprint density at radius 2 is 2.07 bits per heavy atom. The second-order valence-corrected chi connectivity index (χ2v) is 3.33.